The third-order valence-corrected chi connectivity index (χ3v) is 2.86. The predicted molar refractivity (Wildman–Crippen MR) is 73.4 cm³/mol. The van der Waals surface area contributed by atoms with Crippen LogP contribution in [0.5, 0.6) is 11.5 Å². The molecule has 0 heterocycles. The van der Waals surface area contributed by atoms with Crippen LogP contribution in [-0.2, 0) is 0 Å². The lowest BCUT2D eigenvalue weighted by molar-refractivity contribution is -0.393. The summed E-state index contributed by atoms with van der Waals surface area (Å²) >= 11 is 0. The Morgan fingerprint density at radius 2 is 1.67 bits per heavy atom. The van der Waals surface area contributed by atoms with Crippen molar-refractivity contribution in [1.82, 2.24) is 0 Å². The first kappa shape index (κ1) is 14.3. The van der Waals surface area contributed by atoms with Gasteiger partial charge in [0, 0.05) is 17.7 Å². The Kier molecular flexibility index (Phi) is 3.70. The minimum absolute atomic E-state index is 0.0554. The number of nitro benzene ring substituents is 2. The Balaban J connectivity index is 2.69. The number of nitro groups is 2. The molecule has 0 unspecified atom stereocenters. The number of rotatable bonds is 4. The summed E-state index contributed by atoms with van der Waals surface area (Å²) in [6.07, 6.45) is 0. The number of benzene rings is 2. The molecule has 0 aliphatic heterocycles. The largest absolute Gasteiger partial charge is 0.508 e. The first-order valence-electron chi connectivity index (χ1n) is 5.74. The van der Waals surface area contributed by atoms with E-state index in [9.17, 15) is 25.3 Å². The summed E-state index contributed by atoms with van der Waals surface area (Å²) in [5, 5.41) is 31.3. The van der Waals surface area contributed by atoms with Gasteiger partial charge in [-0.25, -0.2) is 0 Å². The fourth-order valence-electron chi connectivity index (χ4n) is 1.91. The van der Waals surface area contributed by atoms with Crippen molar-refractivity contribution in [3.63, 3.8) is 0 Å². The summed E-state index contributed by atoms with van der Waals surface area (Å²) in [6, 6.07) is 7.45. The van der Waals surface area contributed by atoms with Crippen LogP contribution in [0.1, 0.15) is 0 Å². The SMILES string of the molecule is COc1cc(O)ccc1-c1ccc([N+](=O)[O-])cc1[N+](=O)[O-]. The van der Waals surface area contributed by atoms with Gasteiger partial charge in [0.1, 0.15) is 11.5 Å². The molecule has 0 radical (unpaired) electrons. The van der Waals surface area contributed by atoms with Gasteiger partial charge in [-0.1, -0.05) is 0 Å². The maximum Gasteiger partial charge on any atom is 0.284 e. The van der Waals surface area contributed by atoms with E-state index in [1.807, 2.05) is 0 Å². The molecule has 0 saturated heterocycles. The van der Waals surface area contributed by atoms with E-state index in [1.54, 1.807) is 0 Å². The second kappa shape index (κ2) is 5.45. The van der Waals surface area contributed by atoms with Crippen LogP contribution in [0.4, 0.5) is 11.4 Å². The molecule has 21 heavy (non-hydrogen) atoms. The zero-order chi connectivity index (χ0) is 15.6. The number of aromatic hydroxyl groups is 1. The molecule has 0 spiro atoms. The molecule has 8 heteroatoms. The van der Waals surface area contributed by atoms with E-state index in [0.717, 1.165) is 6.07 Å². The second-order valence-corrected chi connectivity index (χ2v) is 4.10. The van der Waals surface area contributed by atoms with Crippen LogP contribution in [-0.4, -0.2) is 22.1 Å². The van der Waals surface area contributed by atoms with Crippen LogP contribution in [0.3, 0.4) is 0 Å². The van der Waals surface area contributed by atoms with Crippen LogP contribution >= 0.6 is 0 Å². The molecule has 0 atom stereocenters. The molecule has 0 fully saturated rings. The standard InChI is InChI=1S/C13H10N2O6/c1-21-13-7-9(16)3-5-11(13)10-4-2-8(14(17)18)6-12(10)15(19)20/h2-7,16H,1H3. The summed E-state index contributed by atoms with van der Waals surface area (Å²) in [4.78, 5) is 20.4. The van der Waals surface area contributed by atoms with Gasteiger partial charge in [-0.2, -0.15) is 0 Å². The molecule has 0 amide bonds. The average molecular weight is 290 g/mol. The lowest BCUT2D eigenvalue weighted by atomic mass is 10.0. The van der Waals surface area contributed by atoms with E-state index in [2.05, 4.69) is 0 Å². The van der Waals surface area contributed by atoms with Crippen molar-refractivity contribution in [2.45, 2.75) is 0 Å². The van der Waals surface area contributed by atoms with Crippen molar-refractivity contribution in [2.75, 3.05) is 7.11 Å². The summed E-state index contributed by atoms with van der Waals surface area (Å²) < 4.78 is 5.08. The molecule has 0 aliphatic carbocycles. The van der Waals surface area contributed by atoms with Gasteiger partial charge in [-0.3, -0.25) is 20.2 Å². The molecule has 0 bridgehead atoms. The maximum atomic E-state index is 11.1. The Morgan fingerprint density at radius 1 is 1.00 bits per heavy atom. The molecular weight excluding hydrogens is 280 g/mol. The maximum absolute atomic E-state index is 11.1. The first-order valence-corrected chi connectivity index (χ1v) is 5.74. The minimum atomic E-state index is -0.704. The van der Waals surface area contributed by atoms with E-state index >= 15 is 0 Å². The number of methoxy groups -OCH3 is 1. The van der Waals surface area contributed by atoms with Gasteiger partial charge in [-0.15, -0.1) is 0 Å². The number of hydrogen-bond acceptors (Lipinski definition) is 6. The van der Waals surface area contributed by atoms with Gasteiger partial charge in [-0.05, 0) is 18.2 Å². The lowest BCUT2D eigenvalue weighted by Gasteiger charge is -2.09. The number of phenols is 1. The van der Waals surface area contributed by atoms with Crippen LogP contribution in [0.2, 0.25) is 0 Å². The van der Waals surface area contributed by atoms with Gasteiger partial charge in [0.25, 0.3) is 11.4 Å². The number of ether oxygens (including phenoxy) is 1. The lowest BCUT2D eigenvalue weighted by Crippen LogP contribution is -1.96. The van der Waals surface area contributed by atoms with Gasteiger partial charge >= 0.3 is 0 Å². The fraction of sp³-hybridized carbons (Fsp3) is 0.0769. The average Bonchev–Trinajstić information content (AvgIpc) is 2.46. The smallest absolute Gasteiger partial charge is 0.284 e. The highest BCUT2D eigenvalue weighted by Gasteiger charge is 2.22. The number of non-ortho nitro benzene ring substituents is 1. The topological polar surface area (TPSA) is 116 Å². The molecule has 0 aromatic heterocycles. The second-order valence-electron chi connectivity index (χ2n) is 4.10. The molecule has 0 saturated carbocycles. The Morgan fingerprint density at radius 3 is 2.24 bits per heavy atom. The molecule has 2 aromatic rings. The third-order valence-electron chi connectivity index (χ3n) is 2.86. The van der Waals surface area contributed by atoms with Crippen LogP contribution < -0.4 is 4.74 Å². The molecule has 0 aliphatic rings. The molecule has 108 valence electrons. The van der Waals surface area contributed by atoms with Gasteiger partial charge in [0.15, 0.2) is 0 Å². The van der Waals surface area contributed by atoms with Crippen molar-refractivity contribution in [2.24, 2.45) is 0 Å². The summed E-state index contributed by atoms with van der Waals surface area (Å²) in [5.41, 5.74) is -0.254. The zero-order valence-corrected chi connectivity index (χ0v) is 10.8. The summed E-state index contributed by atoms with van der Waals surface area (Å²) in [6.45, 7) is 0. The summed E-state index contributed by atoms with van der Waals surface area (Å²) in [7, 11) is 1.36. The van der Waals surface area contributed by atoms with Crippen LogP contribution in [0, 0.1) is 20.2 Å². The van der Waals surface area contributed by atoms with Crippen molar-refractivity contribution >= 4 is 11.4 Å². The molecule has 1 N–H and O–H groups in total. The van der Waals surface area contributed by atoms with E-state index in [-0.39, 0.29) is 22.7 Å². The quantitative estimate of drug-likeness (QED) is 0.683. The van der Waals surface area contributed by atoms with Crippen molar-refractivity contribution in [1.29, 1.82) is 0 Å². The normalized spacial score (nSPS) is 10.1. The third kappa shape index (κ3) is 2.73. The van der Waals surface area contributed by atoms with Gasteiger partial charge in [0.2, 0.25) is 0 Å². The van der Waals surface area contributed by atoms with Crippen molar-refractivity contribution in [3.8, 4) is 22.6 Å². The molecule has 2 aromatic carbocycles. The number of nitrogens with zero attached hydrogens (tertiary/aromatic N) is 2. The predicted octanol–water partition coefficient (Wildman–Crippen LogP) is 2.88. The molecular formula is C13H10N2O6. The Bertz CT molecular complexity index is 729. The van der Waals surface area contributed by atoms with Crippen LogP contribution in [0.25, 0.3) is 11.1 Å². The van der Waals surface area contributed by atoms with Crippen molar-refractivity contribution < 1.29 is 19.7 Å². The van der Waals surface area contributed by atoms with E-state index in [0.29, 0.717) is 5.56 Å². The van der Waals surface area contributed by atoms with Crippen LogP contribution in [0.15, 0.2) is 36.4 Å². The minimum Gasteiger partial charge on any atom is -0.508 e. The monoisotopic (exact) mass is 290 g/mol. The molecule has 2 rings (SSSR count). The van der Waals surface area contributed by atoms with E-state index < -0.39 is 15.5 Å². The van der Waals surface area contributed by atoms with E-state index in [4.69, 9.17) is 4.74 Å². The first-order chi connectivity index (χ1) is 9.93. The summed E-state index contributed by atoms with van der Waals surface area (Å²) in [5.74, 6) is 0.173. The number of hydrogen-bond donors (Lipinski definition) is 1. The highest BCUT2D eigenvalue weighted by molar-refractivity contribution is 5.80. The fourth-order valence-corrected chi connectivity index (χ4v) is 1.91. The van der Waals surface area contributed by atoms with E-state index in [1.165, 1.54) is 37.4 Å². The Labute approximate surface area is 118 Å². The highest BCUT2D eigenvalue weighted by Crippen LogP contribution is 2.39. The highest BCUT2D eigenvalue weighted by atomic mass is 16.6. The van der Waals surface area contributed by atoms with Gasteiger partial charge < -0.3 is 9.84 Å². The zero-order valence-electron chi connectivity index (χ0n) is 10.8. The Hall–Kier alpha value is -3.16. The van der Waals surface area contributed by atoms with Gasteiger partial charge in [0.05, 0.1) is 28.6 Å². The number of phenolic OH excluding ortho intramolecular Hbond substituents is 1. The molecule has 8 nitrogen and oxygen atoms in total. The van der Waals surface area contributed by atoms with Crippen molar-refractivity contribution in [3.05, 3.63) is 56.6 Å².